The minimum absolute atomic E-state index is 0.168. The van der Waals surface area contributed by atoms with Crippen molar-refractivity contribution in [2.75, 3.05) is 17.7 Å². The molecule has 4 aromatic rings. The molecule has 162 valence electrons. The van der Waals surface area contributed by atoms with E-state index in [4.69, 9.17) is 4.74 Å². The summed E-state index contributed by atoms with van der Waals surface area (Å²) in [7, 11) is 3.32. The molecule has 2 N–H and O–H groups in total. The molecule has 0 saturated heterocycles. The first-order chi connectivity index (χ1) is 15.4. The third-order valence-corrected chi connectivity index (χ3v) is 4.47. The molecule has 0 radical (unpaired) electrons. The molecule has 0 aliphatic heterocycles. The highest BCUT2D eigenvalue weighted by Gasteiger charge is 2.17. The van der Waals surface area contributed by atoms with Crippen LogP contribution in [0.15, 0.2) is 49.2 Å². The van der Waals surface area contributed by atoms with E-state index in [9.17, 15) is 9.18 Å². The van der Waals surface area contributed by atoms with Crippen molar-refractivity contribution in [3.8, 4) is 17.1 Å². The molecule has 0 spiro atoms. The topological polar surface area (TPSA) is 120 Å². The maximum atomic E-state index is 13.1. The predicted molar refractivity (Wildman–Crippen MR) is 116 cm³/mol. The summed E-state index contributed by atoms with van der Waals surface area (Å²) in [5.74, 6) is 0.830. The largest absolute Gasteiger partial charge is 0.494 e. The molecule has 0 aliphatic rings. The van der Waals surface area contributed by atoms with Crippen LogP contribution in [-0.2, 0) is 7.05 Å². The predicted octanol–water partition coefficient (Wildman–Crippen LogP) is 3.50. The Morgan fingerprint density at radius 1 is 1.06 bits per heavy atom. The van der Waals surface area contributed by atoms with E-state index in [2.05, 4.69) is 35.7 Å². The number of aryl methyl sites for hydroxylation is 1. The van der Waals surface area contributed by atoms with Gasteiger partial charge in [0.05, 0.1) is 42.0 Å². The van der Waals surface area contributed by atoms with Crippen molar-refractivity contribution in [3.63, 3.8) is 0 Å². The first kappa shape index (κ1) is 20.8. The highest BCUT2D eigenvalue weighted by molar-refractivity contribution is 6.00. The second kappa shape index (κ2) is 8.76. The lowest BCUT2D eigenvalue weighted by atomic mass is 10.1. The van der Waals surface area contributed by atoms with E-state index in [1.807, 2.05) is 18.2 Å². The van der Waals surface area contributed by atoms with Crippen LogP contribution in [0.1, 0.15) is 17.3 Å². The normalized spacial score (nSPS) is 10.6. The van der Waals surface area contributed by atoms with Crippen LogP contribution in [0.25, 0.3) is 11.4 Å². The van der Waals surface area contributed by atoms with Crippen LogP contribution in [0.2, 0.25) is 0 Å². The zero-order chi connectivity index (χ0) is 22.7. The van der Waals surface area contributed by atoms with Crippen molar-refractivity contribution in [1.29, 1.82) is 0 Å². The lowest BCUT2D eigenvalue weighted by molar-refractivity contribution is 0.101. The van der Waals surface area contributed by atoms with Gasteiger partial charge in [0.1, 0.15) is 12.1 Å². The summed E-state index contributed by atoms with van der Waals surface area (Å²) < 4.78 is 20.3. The van der Waals surface area contributed by atoms with Crippen molar-refractivity contribution in [2.45, 2.75) is 6.92 Å². The number of ether oxygens (including phenoxy) is 1. The number of carbonyl (C=O) groups is 1. The van der Waals surface area contributed by atoms with Gasteiger partial charge in [-0.3, -0.25) is 9.48 Å². The number of carbonyl (C=O) groups excluding carboxylic acids is 1. The van der Waals surface area contributed by atoms with Crippen LogP contribution in [0, 0.1) is 5.82 Å². The summed E-state index contributed by atoms with van der Waals surface area (Å²) >= 11 is 0. The Bertz CT molecular complexity index is 1270. The Balaban J connectivity index is 1.71. The highest BCUT2D eigenvalue weighted by atomic mass is 19.1. The zero-order valence-electron chi connectivity index (χ0n) is 17.5. The first-order valence-corrected chi connectivity index (χ1v) is 9.50. The standard InChI is InChI=1S/C21H19FN8O2/c1-12(31)15-10-23-18(28-21-24-8-13(22)9-25-21)7-17(15)27-16-6-4-5-14(19(16)32-3)20-26-11-30(2)29-20/h4-11H,1-3H3,(H2,23,24,25,27,28). The maximum absolute atomic E-state index is 13.1. The maximum Gasteiger partial charge on any atom is 0.228 e. The molecule has 0 atom stereocenters. The number of nitrogens with zero attached hydrogens (tertiary/aromatic N) is 6. The molecule has 11 heteroatoms. The Hall–Kier alpha value is -4.41. The number of para-hydroxylation sites is 1. The molecule has 0 amide bonds. The number of hydrogen-bond donors (Lipinski definition) is 2. The van der Waals surface area contributed by atoms with Gasteiger partial charge >= 0.3 is 0 Å². The number of aromatic nitrogens is 6. The van der Waals surface area contributed by atoms with Gasteiger partial charge in [0.15, 0.2) is 23.2 Å². The SMILES string of the molecule is COc1c(Nc2cc(Nc3ncc(F)cn3)ncc2C(C)=O)cccc1-c1ncn(C)n1. The Labute approximate surface area is 182 Å². The smallest absolute Gasteiger partial charge is 0.228 e. The summed E-state index contributed by atoms with van der Waals surface area (Å²) in [6, 6.07) is 7.12. The van der Waals surface area contributed by atoms with Gasteiger partial charge < -0.3 is 15.4 Å². The minimum Gasteiger partial charge on any atom is -0.494 e. The summed E-state index contributed by atoms with van der Waals surface area (Å²) in [5, 5.41) is 10.5. The van der Waals surface area contributed by atoms with Gasteiger partial charge in [-0.05, 0) is 19.1 Å². The van der Waals surface area contributed by atoms with Crippen molar-refractivity contribution in [1.82, 2.24) is 29.7 Å². The van der Waals surface area contributed by atoms with Gasteiger partial charge in [0, 0.05) is 19.3 Å². The molecule has 0 bridgehead atoms. The van der Waals surface area contributed by atoms with Gasteiger partial charge in [-0.1, -0.05) is 6.07 Å². The van der Waals surface area contributed by atoms with E-state index >= 15 is 0 Å². The van der Waals surface area contributed by atoms with E-state index in [0.717, 1.165) is 12.4 Å². The molecule has 4 rings (SSSR count). The van der Waals surface area contributed by atoms with Crippen LogP contribution in [0.5, 0.6) is 5.75 Å². The molecule has 1 aromatic carbocycles. The molecule has 0 saturated carbocycles. The van der Waals surface area contributed by atoms with E-state index in [1.165, 1.54) is 13.1 Å². The van der Waals surface area contributed by atoms with E-state index in [-0.39, 0.29) is 11.7 Å². The molecule has 3 aromatic heterocycles. The lowest BCUT2D eigenvalue weighted by Crippen LogP contribution is -2.06. The average Bonchev–Trinajstić information content (AvgIpc) is 3.21. The fraction of sp³-hybridized carbons (Fsp3) is 0.143. The fourth-order valence-corrected chi connectivity index (χ4v) is 3.04. The van der Waals surface area contributed by atoms with Gasteiger partial charge in [0.2, 0.25) is 5.95 Å². The zero-order valence-corrected chi connectivity index (χ0v) is 17.5. The van der Waals surface area contributed by atoms with Crippen LogP contribution in [-0.4, -0.2) is 42.6 Å². The van der Waals surface area contributed by atoms with E-state index in [0.29, 0.717) is 39.9 Å². The second-order valence-corrected chi connectivity index (χ2v) is 6.77. The number of nitrogens with one attached hydrogen (secondary N) is 2. The molecule has 10 nitrogen and oxygen atoms in total. The van der Waals surface area contributed by atoms with Gasteiger partial charge in [0.25, 0.3) is 0 Å². The van der Waals surface area contributed by atoms with Crippen LogP contribution < -0.4 is 15.4 Å². The Kier molecular flexibility index (Phi) is 5.71. The molecule has 0 unspecified atom stereocenters. The molecular formula is C21H19FN8O2. The van der Waals surface area contributed by atoms with Crippen molar-refractivity contribution in [3.05, 3.63) is 60.6 Å². The number of pyridine rings is 1. The summed E-state index contributed by atoms with van der Waals surface area (Å²) in [6.07, 6.45) is 5.12. The third-order valence-electron chi connectivity index (χ3n) is 4.47. The number of anilines is 4. The van der Waals surface area contributed by atoms with Crippen molar-refractivity contribution in [2.24, 2.45) is 7.05 Å². The van der Waals surface area contributed by atoms with Crippen LogP contribution >= 0.6 is 0 Å². The second-order valence-electron chi connectivity index (χ2n) is 6.77. The van der Waals surface area contributed by atoms with Gasteiger partial charge in [-0.2, -0.15) is 5.10 Å². The van der Waals surface area contributed by atoms with Gasteiger partial charge in [-0.15, -0.1) is 0 Å². The molecule has 32 heavy (non-hydrogen) atoms. The monoisotopic (exact) mass is 434 g/mol. The number of hydrogen-bond acceptors (Lipinski definition) is 9. The molecule has 0 fully saturated rings. The Morgan fingerprint density at radius 3 is 2.50 bits per heavy atom. The van der Waals surface area contributed by atoms with Gasteiger partial charge in [-0.25, -0.2) is 24.3 Å². The Morgan fingerprint density at radius 2 is 1.84 bits per heavy atom. The third kappa shape index (κ3) is 4.36. The number of Topliss-reactive ketones (excluding diaryl/α,β-unsaturated/α-hetero) is 1. The average molecular weight is 434 g/mol. The lowest BCUT2D eigenvalue weighted by Gasteiger charge is -2.16. The summed E-state index contributed by atoms with van der Waals surface area (Å²) in [4.78, 5) is 28.4. The number of halogens is 1. The molecular weight excluding hydrogens is 415 g/mol. The number of ketones is 1. The van der Waals surface area contributed by atoms with E-state index < -0.39 is 5.82 Å². The van der Waals surface area contributed by atoms with Crippen LogP contribution in [0.3, 0.4) is 0 Å². The quantitative estimate of drug-likeness (QED) is 0.421. The summed E-state index contributed by atoms with van der Waals surface area (Å²) in [5.41, 5.74) is 2.16. The molecule has 3 heterocycles. The van der Waals surface area contributed by atoms with E-state index in [1.54, 1.807) is 31.2 Å². The summed E-state index contributed by atoms with van der Waals surface area (Å²) in [6.45, 7) is 1.45. The van der Waals surface area contributed by atoms with Crippen LogP contribution in [0.4, 0.5) is 27.5 Å². The fourth-order valence-electron chi connectivity index (χ4n) is 3.04. The van der Waals surface area contributed by atoms with Crippen molar-refractivity contribution >= 4 is 28.9 Å². The minimum atomic E-state index is -0.549. The molecule has 0 aliphatic carbocycles. The first-order valence-electron chi connectivity index (χ1n) is 9.50. The highest BCUT2D eigenvalue weighted by Crippen LogP contribution is 2.37. The number of benzene rings is 1. The van der Waals surface area contributed by atoms with Crippen molar-refractivity contribution < 1.29 is 13.9 Å². The number of rotatable bonds is 7. The number of methoxy groups -OCH3 is 1.